The Morgan fingerprint density at radius 2 is 1.68 bits per heavy atom. The lowest BCUT2D eigenvalue weighted by Crippen LogP contribution is -2.14. The van der Waals surface area contributed by atoms with Crippen LogP contribution in [0.5, 0.6) is 0 Å². The van der Waals surface area contributed by atoms with Crippen LogP contribution >= 0.6 is 0 Å². The van der Waals surface area contributed by atoms with Crippen molar-refractivity contribution in [3.05, 3.63) is 95.3 Å². The van der Waals surface area contributed by atoms with Crippen LogP contribution in [-0.2, 0) is 22.9 Å². The molecule has 0 aliphatic rings. The average molecular weight is 399 g/mol. The van der Waals surface area contributed by atoms with Gasteiger partial charge in [-0.15, -0.1) is 0 Å². The Kier molecular flexibility index (Phi) is 5.75. The number of para-hydroxylation sites is 1. The number of anilines is 1. The number of hydrogen-bond donors (Lipinski definition) is 2. The molecule has 0 atom stereocenters. The first kappa shape index (κ1) is 19.6. The third kappa shape index (κ3) is 4.75. The summed E-state index contributed by atoms with van der Waals surface area (Å²) in [5.41, 5.74) is 2.20. The fourth-order valence-corrected chi connectivity index (χ4v) is 3.95. The van der Waals surface area contributed by atoms with Crippen LogP contribution < -0.4 is 4.72 Å². The maximum absolute atomic E-state index is 13.4. The van der Waals surface area contributed by atoms with Gasteiger partial charge in [-0.1, -0.05) is 36.4 Å². The monoisotopic (exact) mass is 399 g/mol. The molecule has 0 spiro atoms. The van der Waals surface area contributed by atoms with Gasteiger partial charge in [-0.05, 0) is 60.4 Å². The minimum atomic E-state index is -3.93. The van der Waals surface area contributed by atoms with E-state index in [0.29, 0.717) is 18.5 Å². The number of benzene rings is 3. The molecule has 3 rings (SSSR count). The second kappa shape index (κ2) is 8.22. The smallest absolute Gasteiger partial charge is 0.335 e. The van der Waals surface area contributed by atoms with E-state index in [1.807, 2.05) is 6.07 Å². The summed E-state index contributed by atoms with van der Waals surface area (Å²) in [5, 5.41) is 9.09. The Morgan fingerprint density at radius 1 is 0.929 bits per heavy atom. The first-order valence-corrected chi connectivity index (χ1v) is 10.0. The minimum Gasteiger partial charge on any atom is -0.478 e. The first-order chi connectivity index (χ1) is 13.3. The summed E-state index contributed by atoms with van der Waals surface area (Å²) in [6.45, 7) is 0. The molecule has 0 saturated carbocycles. The number of aromatic carboxylic acids is 1. The van der Waals surface area contributed by atoms with E-state index < -0.39 is 21.8 Å². The fraction of sp³-hybridized carbons (Fsp3) is 0.0952. The lowest BCUT2D eigenvalue weighted by molar-refractivity contribution is 0.0696. The van der Waals surface area contributed by atoms with Gasteiger partial charge in [0.2, 0.25) is 0 Å². The Labute approximate surface area is 162 Å². The highest BCUT2D eigenvalue weighted by Crippen LogP contribution is 2.22. The predicted octanol–water partition coefficient (Wildman–Crippen LogP) is 4.11. The zero-order valence-electron chi connectivity index (χ0n) is 14.8. The van der Waals surface area contributed by atoms with E-state index in [1.165, 1.54) is 24.3 Å². The lowest BCUT2D eigenvalue weighted by atomic mass is 10.0. The summed E-state index contributed by atoms with van der Waals surface area (Å²) in [4.78, 5) is 10.9. The molecule has 3 aromatic rings. The van der Waals surface area contributed by atoms with E-state index in [-0.39, 0.29) is 10.5 Å². The van der Waals surface area contributed by atoms with Crippen LogP contribution in [0.25, 0.3) is 0 Å². The average Bonchev–Trinajstić information content (AvgIpc) is 2.67. The molecule has 0 unspecified atom stereocenters. The zero-order valence-corrected chi connectivity index (χ0v) is 15.6. The van der Waals surface area contributed by atoms with Gasteiger partial charge in [0.1, 0.15) is 5.82 Å². The molecular formula is C21H18FNO4S. The summed E-state index contributed by atoms with van der Waals surface area (Å²) in [6, 6.07) is 18.4. The molecule has 0 radical (unpaired) electrons. The molecule has 144 valence electrons. The van der Waals surface area contributed by atoms with E-state index >= 15 is 0 Å². The number of rotatable bonds is 7. The van der Waals surface area contributed by atoms with Crippen LogP contribution in [0, 0.1) is 5.82 Å². The number of aryl methyl sites for hydroxylation is 2. The summed E-state index contributed by atoms with van der Waals surface area (Å²) in [5.74, 6) is -1.63. The molecule has 0 aliphatic heterocycles. The van der Waals surface area contributed by atoms with E-state index in [4.69, 9.17) is 5.11 Å². The normalized spacial score (nSPS) is 11.2. The van der Waals surface area contributed by atoms with Crippen molar-refractivity contribution in [2.45, 2.75) is 17.7 Å². The highest BCUT2D eigenvalue weighted by atomic mass is 32.2. The number of nitrogens with one attached hydrogen (secondary N) is 1. The number of carboxylic acids is 1. The maximum Gasteiger partial charge on any atom is 0.335 e. The molecule has 2 N–H and O–H groups in total. The summed E-state index contributed by atoms with van der Waals surface area (Å²) in [7, 11) is -3.93. The topological polar surface area (TPSA) is 83.5 Å². The molecule has 0 aromatic heterocycles. The summed E-state index contributed by atoms with van der Waals surface area (Å²) >= 11 is 0. The van der Waals surface area contributed by atoms with Gasteiger partial charge in [-0.3, -0.25) is 4.72 Å². The third-order valence-corrected chi connectivity index (χ3v) is 5.59. The zero-order chi connectivity index (χ0) is 20.1. The van der Waals surface area contributed by atoms with Crippen LogP contribution in [0.4, 0.5) is 10.1 Å². The highest BCUT2D eigenvalue weighted by molar-refractivity contribution is 7.92. The van der Waals surface area contributed by atoms with Gasteiger partial charge < -0.3 is 5.11 Å². The van der Waals surface area contributed by atoms with Gasteiger partial charge in [-0.25, -0.2) is 17.6 Å². The Balaban J connectivity index is 1.80. The van der Waals surface area contributed by atoms with Gasteiger partial charge in [0.25, 0.3) is 10.0 Å². The van der Waals surface area contributed by atoms with Crippen LogP contribution in [0.1, 0.15) is 21.5 Å². The van der Waals surface area contributed by atoms with Crippen LogP contribution in [0.15, 0.2) is 77.7 Å². The number of hydrogen-bond acceptors (Lipinski definition) is 3. The van der Waals surface area contributed by atoms with Gasteiger partial charge in [0, 0.05) is 0 Å². The predicted molar refractivity (Wildman–Crippen MR) is 104 cm³/mol. The quantitative estimate of drug-likeness (QED) is 0.626. The lowest BCUT2D eigenvalue weighted by Gasteiger charge is -2.13. The van der Waals surface area contributed by atoms with Gasteiger partial charge >= 0.3 is 5.97 Å². The minimum absolute atomic E-state index is 0.156. The number of carboxylic acid groups (broad SMARTS) is 1. The van der Waals surface area contributed by atoms with Crippen molar-refractivity contribution >= 4 is 21.7 Å². The fourth-order valence-electron chi connectivity index (χ4n) is 2.81. The van der Waals surface area contributed by atoms with Crippen molar-refractivity contribution < 1.29 is 22.7 Å². The molecular weight excluding hydrogens is 381 g/mol. The Morgan fingerprint density at radius 3 is 2.43 bits per heavy atom. The molecule has 5 nitrogen and oxygen atoms in total. The van der Waals surface area contributed by atoms with Crippen molar-refractivity contribution in [3.8, 4) is 0 Å². The van der Waals surface area contributed by atoms with Crippen molar-refractivity contribution in [2.75, 3.05) is 4.72 Å². The Bertz CT molecular complexity index is 1110. The molecule has 28 heavy (non-hydrogen) atoms. The molecule has 0 heterocycles. The maximum atomic E-state index is 13.4. The van der Waals surface area contributed by atoms with Gasteiger partial charge in [-0.2, -0.15) is 0 Å². The molecule has 7 heteroatoms. The van der Waals surface area contributed by atoms with Crippen LogP contribution in [0.2, 0.25) is 0 Å². The molecule has 0 bridgehead atoms. The van der Waals surface area contributed by atoms with Crippen molar-refractivity contribution in [1.29, 1.82) is 0 Å². The molecule has 3 aromatic carbocycles. The summed E-state index contributed by atoms with van der Waals surface area (Å²) < 4.78 is 41.0. The molecule has 0 aliphatic carbocycles. The second-order valence-electron chi connectivity index (χ2n) is 6.23. The van der Waals surface area contributed by atoms with Crippen molar-refractivity contribution in [2.24, 2.45) is 0 Å². The second-order valence-corrected chi connectivity index (χ2v) is 7.91. The number of carbonyl (C=O) groups is 1. The van der Waals surface area contributed by atoms with Gasteiger partial charge in [0.05, 0.1) is 16.1 Å². The third-order valence-electron chi connectivity index (χ3n) is 4.23. The van der Waals surface area contributed by atoms with E-state index in [9.17, 15) is 17.6 Å². The molecule has 0 saturated heterocycles. The SMILES string of the molecule is O=C(O)c1cccc(CCc2ccccc2NS(=O)(=O)c2cccc(F)c2)c1. The van der Waals surface area contributed by atoms with Crippen molar-refractivity contribution in [1.82, 2.24) is 0 Å². The van der Waals surface area contributed by atoms with E-state index in [1.54, 1.807) is 36.4 Å². The van der Waals surface area contributed by atoms with Crippen LogP contribution in [-0.4, -0.2) is 19.5 Å². The van der Waals surface area contributed by atoms with Crippen LogP contribution in [0.3, 0.4) is 0 Å². The van der Waals surface area contributed by atoms with E-state index in [0.717, 1.165) is 17.2 Å². The Hall–Kier alpha value is -3.19. The summed E-state index contributed by atoms with van der Waals surface area (Å²) in [6.07, 6.45) is 1.05. The molecule has 0 amide bonds. The van der Waals surface area contributed by atoms with Crippen molar-refractivity contribution in [3.63, 3.8) is 0 Å². The largest absolute Gasteiger partial charge is 0.478 e. The number of halogens is 1. The highest BCUT2D eigenvalue weighted by Gasteiger charge is 2.16. The number of sulfonamides is 1. The molecule has 0 fully saturated rings. The standard InChI is InChI=1S/C21H18FNO4S/c22-18-8-4-9-19(14-18)28(26,27)23-20-10-2-1-6-16(20)12-11-15-5-3-7-17(13-15)21(24)25/h1-10,13-14,23H,11-12H2,(H,24,25). The van der Waals surface area contributed by atoms with E-state index in [2.05, 4.69) is 4.72 Å². The first-order valence-electron chi connectivity index (χ1n) is 8.54. The van der Waals surface area contributed by atoms with Gasteiger partial charge in [0.15, 0.2) is 0 Å².